The summed E-state index contributed by atoms with van der Waals surface area (Å²) < 4.78 is 5.15. The van der Waals surface area contributed by atoms with Gasteiger partial charge in [0.1, 0.15) is 0 Å². The van der Waals surface area contributed by atoms with E-state index in [1.54, 1.807) is 13.2 Å². The molecule has 4 heteroatoms. The number of hydrogen-bond donors (Lipinski definition) is 1. The summed E-state index contributed by atoms with van der Waals surface area (Å²) in [6.45, 7) is 7.03. The molecule has 0 spiro atoms. The van der Waals surface area contributed by atoms with E-state index in [0.717, 1.165) is 25.2 Å². The van der Waals surface area contributed by atoms with Gasteiger partial charge in [0, 0.05) is 24.7 Å². The van der Waals surface area contributed by atoms with Gasteiger partial charge in [-0.3, -0.25) is 4.90 Å². The Kier molecular flexibility index (Phi) is 6.12. The normalized spacial score (nSPS) is 13.0. The molecule has 0 radical (unpaired) electrons. The predicted molar refractivity (Wildman–Crippen MR) is 78.8 cm³/mol. The van der Waals surface area contributed by atoms with Crippen LogP contribution in [0.1, 0.15) is 19.4 Å². The van der Waals surface area contributed by atoms with Gasteiger partial charge >= 0.3 is 0 Å². The van der Waals surface area contributed by atoms with E-state index in [0.29, 0.717) is 11.8 Å². The molecule has 4 nitrogen and oxygen atoms in total. The Morgan fingerprint density at radius 2 is 2.00 bits per heavy atom. The van der Waals surface area contributed by atoms with Crippen molar-refractivity contribution >= 4 is 0 Å². The maximum Gasteiger partial charge on any atom is 0.162 e. The molecule has 19 heavy (non-hydrogen) atoms. The zero-order valence-electron chi connectivity index (χ0n) is 12.7. The lowest BCUT2D eigenvalue weighted by atomic mass is 10.1. The number of hydrogen-bond acceptors (Lipinski definition) is 4. The van der Waals surface area contributed by atoms with Crippen molar-refractivity contribution in [2.45, 2.75) is 26.4 Å². The van der Waals surface area contributed by atoms with E-state index < -0.39 is 0 Å². The number of methoxy groups -OCH3 is 1. The van der Waals surface area contributed by atoms with Crippen LogP contribution in [0, 0.1) is 0 Å². The average Bonchev–Trinajstić information content (AvgIpc) is 2.36. The molecule has 1 rings (SSSR count). The highest BCUT2D eigenvalue weighted by Gasteiger charge is 2.16. The van der Waals surface area contributed by atoms with Crippen LogP contribution in [0.5, 0.6) is 11.5 Å². The van der Waals surface area contributed by atoms with Gasteiger partial charge in [0.15, 0.2) is 11.5 Å². The number of nitrogens with zero attached hydrogens (tertiary/aromatic N) is 2. The third-order valence-corrected chi connectivity index (χ3v) is 3.33. The molecule has 1 aromatic rings. The van der Waals surface area contributed by atoms with Crippen LogP contribution in [-0.4, -0.2) is 55.2 Å². The van der Waals surface area contributed by atoms with Gasteiger partial charge in [-0.1, -0.05) is 19.1 Å². The Labute approximate surface area is 116 Å². The van der Waals surface area contributed by atoms with Gasteiger partial charge in [-0.05, 0) is 33.6 Å². The molecule has 0 aliphatic rings. The second kappa shape index (κ2) is 7.36. The van der Waals surface area contributed by atoms with Crippen LogP contribution >= 0.6 is 0 Å². The van der Waals surface area contributed by atoms with E-state index >= 15 is 0 Å². The van der Waals surface area contributed by atoms with Crippen LogP contribution in [0.2, 0.25) is 0 Å². The summed E-state index contributed by atoms with van der Waals surface area (Å²) in [7, 11) is 5.73. The topological polar surface area (TPSA) is 35.9 Å². The number of para-hydroxylation sites is 1. The molecular formula is C15H26N2O2. The Bertz CT molecular complexity index is 394. The molecule has 0 aromatic heterocycles. The lowest BCUT2D eigenvalue weighted by molar-refractivity contribution is 0.172. The van der Waals surface area contributed by atoms with E-state index in [9.17, 15) is 5.11 Å². The van der Waals surface area contributed by atoms with Gasteiger partial charge in [0.25, 0.3) is 0 Å². The number of rotatable bonds is 7. The summed E-state index contributed by atoms with van der Waals surface area (Å²) in [5.74, 6) is 0.786. The lowest BCUT2D eigenvalue weighted by Gasteiger charge is -2.30. The minimum absolute atomic E-state index is 0.250. The summed E-state index contributed by atoms with van der Waals surface area (Å²) in [6, 6.07) is 6.07. The van der Waals surface area contributed by atoms with Crippen molar-refractivity contribution in [3.8, 4) is 11.5 Å². The van der Waals surface area contributed by atoms with Crippen molar-refractivity contribution < 1.29 is 9.84 Å². The lowest BCUT2D eigenvalue weighted by Crippen LogP contribution is -2.39. The molecule has 1 N–H and O–H groups in total. The van der Waals surface area contributed by atoms with Crippen LogP contribution in [0.15, 0.2) is 18.2 Å². The van der Waals surface area contributed by atoms with Crippen LogP contribution < -0.4 is 4.74 Å². The second-order valence-electron chi connectivity index (χ2n) is 5.14. The fourth-order valence-electron chi connectivity index (χ4n) is 2.30. The number of ether oxygens (including phenoxy) is 1. The van der Waals surface area contributed by atoms with E-state index in [1.807, 2.05) is 12.1 Å². The summed E-state index contributed by atoms with van der Waals surface area (Å²) in [4.78, 5) is 4.52. The van der Waals surface area contributed by atoms with Gasteiger partial charge in [0.05, 0.1) is 7.11 Å². The summed E-state index contributed by atoms with van der Waals surface area (Å²) in [5.41, 5.74) is 0.909. The van der Waals surface area contributed by atoms with E-state index in [2.05, 4.69) is 37.7 Å². The second-order valence-corrected chi connectivity index (χ2v) is 5.14. The quantitative estimate of drug-likeness (QED) is 0.820. The maximum atomic E-state index is 10.1. The highest BCUT2D eigenvalue weighted by atomic mass is 16.5. The Hall–Kier alpha value is -1.26. The van der Waals surface area contributed by atoms with E-state index in [1.165, 1.54) is 0 Å². The van der Waals surface area contributed by atoms with Gasteiger partial charge in [-0.15, -0.1) is 0 Å². The molecule has 108 valence electrons. The molecule has 0 fully saturated rings. The van der Waals surface area contributed by atoms with Crippen molar-refractivity contribution in [3.05, 3.63) is 23.8 Å². The first-order valence-electron chi connectivity index (χ1n) is 6.73. The van der Waals surface area contributed by atoms with Crippen molar-refractivity contribution in [2.75, 3.05) is 34.3 Å². The number of aromatic hydroxyl groups is 1. The molecule has 1 unspecified atom stereocenters. The maximum absolute atomic E-state index is 10.1. The first kappa shape index (κ1) is 15.8. The number of likely N-dealkylation sites (N-methyl/N-ethyl adjacent to an activating group) is 2. The van der Waals surface area contributed by atoms with Crippen LogP contribution in [0.25, 0.3) is 0 Å². The molecular weight excluding hydrogens is 240 g/mol. The smallest absolute Gasteiger partial charge is 0.162 e. The molecule has 0 aliphatic heterocycles. The molecule has 0 amide bonds. The molecule has 0 aliphatic carbocycles. The van der Waals surface area contributed by atoms with Gasteiger partial charge in [-0.25, -0.2) is 0 Å². The molecule has 1 atom stereocenters. The molecule has 0 bridgehead atoms. The molecule has 0 saturated heterocycles. The molecule has 0 saturated carbocycles. The number of benzene rings is 1. The highest BCUT2D eigenvalue weighted by molar-refractivity contribution is 5.45. The van der Waals surface area contributed by atoms with Crippen molar-refractivity contribution in [1.29, 1.82) is 0 Å². The summed E-state index contributed by atoms with van der Waals surface area (Å²) >= 11 is 0. The van der Waals surface area contributed by atoms with Crippen molar-refractivity contribution in [2.24, 2.45) is 0 Å². The van der Waals surface area contributed by atoms with Gasteiger partial charge in [-0.2, -0.15) is 0 Å². The number of phenols is 1. The Morgan fingerprint density at radius 1 is 1.32 bits per heavy atom. The number of phenolic OH excluding ortho intramolecular Hbond substituents is 1. The minimum atomic E-state index is 0.250. The standard InChI is InChI=1S/C15H26N2O2/c1-6-17(12(2)10-16(3)4)11-13-8-7-9-14(19-5)15(13)18/h7-9,12,18H,6,10-11H2,1-5H3. The van der Waals surface area contributed by atoms with Gasteiger partial charge in [0.2, 0.25) is 0 Å². The Morgan fingerprint density at radius 3 is 2.53 bits per heavy atom. The van der Waals surface area contributed by atoms with E-state index in [4.69, 9.17) is 4.74 Å². The highest BCUT2D eigenvalue weighted by Crippen LogP contribution is 2.30. The fourth-order valence-corrected chi connectivity index (χ4v) is 2.30. The fraction of sp³-hybridized carbons (Fsp3) is 0.600. The summed E-state index contributed by atoms with van der Waals surface area (Å²) in [5, 5.41) is 10.1. The SMILES string of the molecule is CCN(Cc1cccc(OC)c1O)C(C)CN(C)C. The largest absolute Gasteiger partial charge is 0.504 e. The molecule has 0 heterocycles. The third kappa shape index (κ3) is 4.40. The van der Waals surface area contributed by atoms with Gasteiger partial charge < -0.3 is 14.7 Å². The van der Waals surface area contributed by atoms with E-state index in [-0.39, 0.29) is 5.75 Å². The first-order valence-corrected chi connectivity index (χ1v) is 6.73. The predicted octanol–water partition coefficient (Wildman–Crippen LogP) is 2.17. The van der Waals surface area contributed by atoms with Crippen LogP contribution in [-0.2, 0) is 6.54 Å². The zero-order chi connectivity index (χ0) is 14.4. The minimum Gasteiger partial charge on any atom is -0.504 e. The van der Waals surface area contributed by atoms with Crippen LogP contribution in [0.3, 0.4) is 0 Å². The third-order valence-electron chi connectivity index (χ3n) is 3.33. The zero-order valence-corrected chi connectivity index (χ0v) is 12.7. The summed E-state index contributed by atoms with van der Waals surface area (Å²) in [6.07, 6.45) is 0. The van der Waals surface area contributed by atoms with Crippen molar-refractivity contribution in [3.63, 3.8) is 0 Å². The average molecular weight is 266 g/mol. The monoisotopic (exact) mass is 266 g/mol. The molecule has 1 aromatic carbocycles. The van der Waals surface area contributed by atoms with Crippen molar-refractivity contribution in [1.82, 2.24) is 9.80 Å². The Balaban J connectivity index is 2.81. The van der Waals surface area contributed by atoms with Crippen LogP contribution in [0.4, 0.5) is 0 Å². The first-order chi connectivity index (χ1) is 8.99.